The monoisotopic (exact) mass is 169 g/mol. The highest BCUT2D eigenvalue weighted by atomic mass is 79.9. The molecule has 0 atom stereocenters. The minimum absolute atomic E-state index is 0. The highest BCUT2D eigenvalue weighted by molar-refractivity contribution is 8.93. The summed E-state index contributed by atoms with van der Waals surface area (Å²) >= 11 is 0. The van der Waals surface area contributed by atoms with Crippen LogP contribution in [0.15, 0.2) is 0 Å². The molecule has 0 aliphatic rings. The Kier molecular flexibility index (Phi) is 8.45. The minimum Gasteiger partial charge on any atom is -0.373 e. The van der Waals surface area contributed by atoms with E-state index in [4.69, 9.17) is 0 Å². The van der Waals surface area contributed by atoms with E-state index in [1.807, 2.05) is 0 Å². The minimum atomic E-state index is -0.380. The van der Waals surface area contributed by atoms with Gasteiger partial charge in [-0.05, 0) is 0 Å². The molecule has 0 aliphatic carbocycles. The topological polar surface area (TPSA) is 52.3 Å². The molecule has 0 amide bonds. The maximum Gasteiger partial charge on any atom is 0.324 e. The first-order valence-corrected chi connectivity index (χ1v) is 1.70. The molecular weight excluding hydrogens is 162 g/mol. The zero-order valence-corrected chi connectivity index (χ0v) is 5.72. The molecule has 0 saturated heterocycles. The van der Waals surface area contributed by atoms with Gasteiger partial charge >= 0.3 is 5.97 Å². The quantitative estimate of drug-likeness (QED) is 0.579. The molecule has 0 aromatic rings. The standard InChI is InChI=1S/C3H7NO2.BrH/c1-2-3(5)6-4;/h2,4H2,1H3;1H. The lowest BCUT2D eigenvalue weighted by molar-refractivity contribution is -0.143. The molecule has 0 rings (SSSR count). The smallest absolute Gasteiger partial charge is 0.324 e. The Labute approximate surface area is 52.6 Å². The normalized spacial score (nSPS) is 6.57. The highest BCUT2D eigenvalue weighted by Crippen LogP contribution is 1.73. The summed E-state index contributed by atoms with van der Waals surface area (Å²) in [7, 11) is 0. The van der Waals surface area contributed by atoms with Crippen LogP contribution in [0.5, 0.6) is 0 Å². The summed E-state index contributed by atoms with van der Waals surface area (Å²) in [5.74, 6) is 4.05. The first kappa shape index (κ1) is 10.0. The summed E-state index contributed by atoms with van der Waals surface area (Å²) in [6.45, 7) is 1.68. The molecule has 0 aromatic heterocycles. The van der Waals surface area contributed by atoms with E-state index < -0.39 is 0 Å². The van der Waals surface area contributed by atoms with Crippen molar-refractivity contribution in [2.75, 3.05) is 0 Å². The SMILES string of the molecule is Br.CCC(=O)ON. The second kappa shape index (κ2) is 5.91. The fourth-order valence-corrected chi connectivity index (χ4v) is 0.0833. The maximum atomic E-state index is 9.83. The van der Waals surface area contributed by atoms with Gasteiger partial charge in [-0.2, -0.15) is 5.90 Å². The molecule has 0 aromatic carbocycles. The van der Waals surface area contributed by atoms with Crippen molar-refractivity contribution in [3.63, 3.8) is 0 Å². The molecule has 0 spiro atoms. The molecule has 7 heavy (non-hydrogen) atoms. The third-order valence-electron chi connectivity index (χ3n) is 0.420. The third kappa shape index (κ3) is 5.91. The number of halogens is 1. The Morgan fingerprint density at radius 2 is 2.29 bits per heavy atom. The van der Waals surface area contributed by atoms with Gasteiger partial charge in [0.1, 0.15) is 0 Å². The molecule has 0 aliphatic heterocycles. The second-order valence-electron chi connectivity index (χ2n) is 0.843. The largest absolute Gasteiger partial charge is 0.373 e. The van der Waals surface area contributed by atoms with Crippen molar-refractivity contribution < 1.29 is 9.63 Å². The molecular formula is C3H8BrNO2. The van der Waals surface area contributed by atoms with Crippen LogP contribution in [0.2, 0.25) is 0 Å². The van der Waals surface area contributed by atoms with Gasteiger partial charge in [0.15, 0.2) is 0 Å². The van der Waals surface area contributed by atoms with E-state index >= 15 is 0 Å². The van der Waals surface area contributed by atoms with Crippen LogP contribution < -0.4 is 5.90 Å². The lowest BCUT2D eigenvalue weighted by Gasteiger charge is -1.85. The molecule has 0 bridgehead atoms. The second-order valence-corrected chi connectivity index (χ2v) is 0.843. The van der Waals surface area contributed by atoms with Crippen molar-refractivity contribution in [3.05, 3.63) is 0 Å². The average molecular weight is 170 g/mol. The van der Waals surface area contributed by atoms with Crippen LogP contribution in [0.3, 0.4) is 0 Å². The molecule has 3 nitrogen and oxygen atoms in total. The zero-order chi connectivity index (χ0) is 4.99. The first-order valence-electron chi connectivity index (χ1n) is 1.70. The molecule has 0 radical (unpaired) electrons. The van der Waals surface area contributed by atoms with E-state index in [-0.39, 0.29) is 23.0 Å². The lowest BCUT2D eigenvalue weighted by Crippen LogP contribution is -2.07. The van der Waals surface area contributed by atoms with Gasteiger partial charge in [0, 0.05) is 6.42 Å². The predicted octanol–water partition coefficient (Wildman–Crippen LogP) is 0.391. The fourth-order valence-electron chi connectivity index (χ4n) is 0.0833. The van der Waals surface area contributed by atoms with Gasteiger partial charge in [-0.25, -0.2) is 0 Å². The van der Waals surface area contributed by atoms with Gasteiger partial charge in [0.2, 0.25) is 0 Å². The highest BCUT2D eigenvalue weighted by Gasteiger charge is 1.88. The number of nitrogens with two attached hydrogens (primary N) is 1. The zero-order valence-electron chi connectivity index (χ0n) is 4.01. The summed E-state index contributed by atoms with van der Waals surface area (Å²) < 4.78 is 0. The summed E-state index contributed by atoms with van der Waals surface area (Å²) in [6, 6.07) is 0. The Morgan fingerprint density at radius 1 is 1.86 bits per heavy atom. The van der Waals surface area contributed by atoms with E-state index in [1.54, 1.807) is 6.92 Å². The van der Waals surface area contributed by atoms with Crippen LogP contribution in [0, 0.1) is 0 Å². The summed E-state index contributed by atoms with van der Waals surface area (Å²) in [6.07, 6.45) is 0.344. The van der Waals surface area contributed by atoms with Gasteiger partial charge in [-0.3, -0.25) is 4.79 Å². The Morgan fingerprint density at radius 3 is 2.29 bits per heavy atom. The number of hydrogen-bond acceptors (Lipinski definition) is 3. The van der Waals surface area contributed by atoms with E-state index in [0.29, 0.717) is 6.42 Å². The van der Waals surface area contributed by atoms with E-state index in [9.17, 15) is 4.79 Å². The summed E-state index contributed by atoms with van der Waals surface area (Å²) in [5.41, 5.74) is 0. The van der Waals surface area contributed by atoms with Crippen molar-refractivity contribution in [3.8, 4) is 0 Å². The van der Waals surface area contributed by atoms with Gasteiger partial charge in [-0.1, -0.05) is 6.92 Å². The molecule has 0 unspecified atom stereocenters. The van der Waals surface area contributed by atoms with Crippen molar-refractivity contribution in [1.29, 1.82) is 0 Å². The predicted molar refractivity (Wildman–Crippen MR) is 30.9 cm³/mol. The average Bonchev–Trinajstić information content (AvgIpc) is 1.65. The number of carbonyl (C=O) groups excluding carboxylic acids is 1. The first-order chi connectivity index (χ1) is 2.81. The molecule has 4 heteroatoms. The number of rotatable bonds is 1. The molecule has 0 fully saturated rings. The maximum absolute atomic E-state index is 9.83. The van der Waals surface area contributed by atoms with Crippen molar-refractivity contribution >= 4 is 23.0 Å². The molecule has 0 heterocycles. The number of hydrogen-bond donors (Lipinski definition) is 1. The molecule has 2 N–H and O–H groups in total. The third-order valence-corrected chi connectivity index (χ3v) is 0.420. The van der Waals surface area contributed by atoms with Crippen molar-refractivity contribution in [1.82, 2.24) is 0 Å². The van der Waals surface area contributed by atoms with Gasteiger partial charge in [0.25, 0.3) is 0 Å². The Balaban J connectivity index is 0. The van der Waals surface area contributed by atoms with Gasteiger partial charge in [-0.15, -0.1) is 17.0 Å². The van der Waals surface area contributed by atoms with E-state index in [0.717, 1.165) is 0 Å². The molecule has 0 saturated carbocycles. The van der Waals surface area contributed by atoms with Crippen LogP contribution >= 0.6 is 17.0 Å². The van der Waals surface area contributed by atoms with Crippen LogP contribution in [-0.4, -0.2) is 5.97 Å². The molecule has 44 valence electrons. The van der Waals surface area contributed by atoms with E-state index in [1.165, 1.54) is 0 Å². The Bertz CT molecular complexity index is 50.9. The number of carbonyl (C=O) groups is 1. The van der Waals surface area contributed by atoms with Gasteiger partial charge in [0.05, 0.1) is 0 Å². The van der Waals surface area contributed by atoms with Crippen LogP contribution in [0.1, 0.15) is 13.3 Å². The van der Waals surface area contributed by atoms with Crippen LogP contribution in [0.25, 0.3) is 0 Å². The van der Waals surface area contributed by atoms with Crippen LogP contribution in [0.4, 0.5) is 0 Å². The van der Waals surface area contributed by atoms with Crippen LogP contribution in [-0.2, 0) is 9.63 Å². The summed E-state index contributed by atoms with van der Waals surface area (Å²) in [5, 5.41) is 0. The van der Waals surface area contributed by atoms with Gasteiger partial charge < -0.3 is 4.84 Å². The van der Waals surface area contributed by atoms with E-state index in [2.05, 4.69) is 10.7 Å². The fraction of sp³-hybridized carbons (Fsp3) is 0.667. The summed E-state index contributed by atoms with van der Waals surface area (Å²) in [4.78, 5) is 13.6. The van der Waals surface area contributed by atoms with Crippen molar-refractivity contribution in [2.24, 2.45) is 5.90 Å². The lowest BCUT2D eigenvalue weighted by atomic mass is 10.5. The van der Waals surface area contributed by atoms with Crippen molar-refractivity contribution in [2.45, 2.75) is 13.3 Å². The Hall–Kier alpha value is -0.0900.